The fourth-order valence-electron chi connectivity index (χ4n) is 5.13. The molecule has 1 aromatic rings. The zero-order valence-electron chi connectivity index (χ0n) is 20.5. The van der Waals surface area contributed by atoms with Crippen molar-refractivity contribution in [3.8, 4) is 5.75 Å². The number of nitrogens with one attached hydrogen (secondary N) is 2. The number of aliphatic hydroxyl groups excluding tert-OH is 3. The molecule has 36 heavy (non-hydrogen) atoms. The standard InChI is InChI=1S/C25H35ClN2O7S/c1-12(26)17(23-20(30)19(29)21(31)25(35-23)36-3)28-24(32)18-22-15(11-27-18)10-14(8-9-34-22)13-4-6-16(33-2)7-5-13/h4-7,10,12,15,17-23,25,27,29-31H,8-9,11H2,1-3H3,(H,28,32)/t12-,15-,17+,18-,19?,20?,21?,22+,23?,25?/m0/s1. The first-order valence-electron chi connectivity index (χ1n) is 12.1. The van der Waals surface area contributed by atoms with E-state index in [1.165, 1.54) is 11.8 Å². The van der Waals surface area contributed by atoms with Gasteiger partial charge in [0.2, 0.25) is 5.91 Å². The normalized spacial score (nSPS) is 36.2. The number of amides is 1. The van der Waals surface area contributed by atoms with Gasteiger partial charge in [-0.2, -0.15) is 0 Å². The Morgan fingerprint density at radius 1 is 1.22 bits per heavy atom. The summed E-state index contributed by atoms with van der Waals surface area (Å²) < 4.78 is 17.3. The molecule has 10 atom stereocenters. The maximum absolute atomic E-state index is 13.4. The Bertz CT molecular complexity index is 931. The third-order valence-corrected chi connectivity index (χ3v) is 8.29. The molecule has 200 valence electrons. The number of rotatable bonds is 7. The van der Waals surface area contributed by atoms with Crippen molar-refractivity contribution < 1.29 is 34.3 Å². The summed E-state index contributed by atoms with van der Waals surface area (Å²) in [6, 6.07) is 6.47. The molecule has 1 amide bonds. The van der Waals surface area contributed by atoms with E-state index in [0.29, 0.717) is 13.2 Å². The Hall–Kier alpha value is -1.37. The molecule has 2 saturated heterocycles. The Kier molecular flexibility index (Phi) is 9.22. The van der Waals surface area contributed by atoms with E-state index in [9.17, 15) is 20.1 Å². The smallest absolute Gasteiger partial charge is 0.240 e. The van der Waals surface area contributed by atoms with E-state index in [2.05, 4.69) is 16.7 Å². The highest BCUT2D eigenvalue weighted by atomic mass is 35.5. The zero-order valence-corrected chi connectivity index (χ0v) is 22.1. The minimum absolute atomic E-state index is 0.00147. The van der Waals surface area contributed by atoms with E-state index in [4.69, 9.17) is 25.8 Å². The van der Waals surface area contributed by atoms with Crippen LogP contribution < -0.4 is 15.4 Å². The molecule has 0 radical (unpaired) electrons. The minimum Gasteiger partial charge on any atom is -0.497 e. The van der Waals surface area contributed by atoms with Gasteiger partial charge >= 0.3 is 0 Å². The van der Waals surface area contributed by atoms with E-state index in [1.54, 1.807) is 20.3 Å². The third kappa shape index (κ3) is 5.71. The molecule has 0 spiro atoms. The third-order valence-electron chi connectivity index (χ3n) is 7.16. The van der Waals surface area contributed by atoms with Crippen LogP contribution in [0, 0.1) is 5.92 Å². The molecule has 3 aliphatic heterocycles. The minimum atomic E-state index is -1.42. The lowest BCUT2D eigenvalue weighted by atomic mass is 9.92. The number of halogens is 1. The summed E-state index contributed by atoms with van der Waals surface area (Å²) in [6.45, 7) is 2.74. The van der Waals surface area contributed by atoms with Crippen molar-refractivity contribution in [2.45, 2.75) is 66.8 Å². The summed E-state index contributed by atoms with van der Waals surface area (Å²) in [7, 11) is 1.64. The van der Waals surface area contributed by atoms with Gasteiger partial charge in [-0.15, -0.1) is 23.4 Å². The summed E-state index contributed by atoms with van der Waals surface area (Å²) in [5, 5.41) is 36.7. The van der Waals surface area contributed by atoms with Crippen LogP contribution in [0.2, 0.25) is 0 Å². The van der Waals surface area contributed by atoms with Gasteiger partial charge in [0.1, 0.15) is 41.6 Å². The first-order chi connectivity index (χ1) is 17.2. The SMILES string of the molecule is COc1ccc(C2=C[C@H]3CN[C@H](C(=O)N[C@@H](C4OC(SC)C(O)C(O)C4O)[C@H](C)Cl)[C@@H]3OCC2)cc1. The molecular weight excluding hydrogens is 508 g/mol. The van der Waals surface area contributed by atoms with Crippen LogP contribution in [0.3, 0.4) is 0 Å². The van der Waals surface area contributed by atoms with Crippen molar-refractivity contribution in [2.24, 2.45) is 5.92 Å². The molecule has 2 fully saturated rings. The molecular formula is C25H35ClN2O7S. The lowest BCUT2D eigenvalue weighted by molar-refractivity contribution is -0.205. The van der Waals surface area contributed by atoms with Crippen LogP contribution in [0.25, 0.3) is 5.57 Å². The molecule has 5 N–H and O–H groups in total. The summed E-state index contributed by atoms with van der Waals surface area (Å²) in [5.41, 5.74) is 1.50. The largest absolute Gasteiger partial charge is 0.497 e. The lowest BCUT2D eigenvalue weighted by Gasteiger charge is -2.44. The second-order valence-corrected chi connectivity index (χ2v) is 11.1. The molecule has 0 aromatic heterocycles. The number of methoxy groups -OCH3 is 1. The molecule has 3 heterocycles. The fraction of sp³-hybridized carbons (Fsp3) is 0.640. The Morgan fingerprint density at radius 2 is 1.94 bits per heavy atom. The molecule has 0 bridgehead atoms. The lowest BCUT2D eigenvalue weighted by Crippen LogP contribution is -2.65. The van der Waals surface area contributed by atoms with E-state index in [-0.39, 0.29) is 17.9 Å². The van der Waals surface area contributed by atoms with Gasteiger partial charge in [0.25, 0.3) is 0 Å². The van der Waals surface area contributed by atoms with Crippen molar-refractivity contribution in [1.82, 2.24) is 10.6 Å². The van der Waals surface area contributed by atoms with Gasteiger partial charge in [0.05, 0.1) is 31.2 Å². The first kappa shape index (κ1) is 27.7. The predicted octanol–water partition coefficient (Wildman–Crippen LogP) is 0.738. The first-order valence-corrected chi connectivity index (χ1v) is 13.8. The summed E-state index contributed by atoms with van der Waals surface area (Å²) in [5.74, 6) is 0.474. The number of aliphatic hydroxyl groups is 3. The van der Waals surface area contributed by atoms with E-state index >= 15 is 0 Å². The highest BCUT2D eigenvalue weighted by molar-refractivity contribution is 7.99. The highest BCUT2D eigenvalue weighted by Gasteiger charge is 2.49. The predicted molar refractivity (Wildman–Crippen MR) is 138 cm³/mol. The average molecular weight is 543 g/mol. The summed E-state index contributed by atoms with van der Waals surface area (Å²) in [6.07, 6.45) is -0.811. The van der Waals surface area contributed by atoms with Gasteiger partial charge < -0.3 is 40.2 Å². The number of benzene rings is 1. The molecule has 11 heteroatoms. The van der Waals surface area contributed by atoms with Crippen molar-refractivity contribution in [3.63, 3.8) is 0 Å². The Balaban J connectivity index is 1.47. The molecule has 9 nitrogen and oxygen atoms in total. The molecule has 5 unspecified atom stereocenters. The summed E-state index contributed by atoms with van der Waals surface area (Å²) >= 11 is 7.62. The quantitative estimate of drug-likeness (QED) is 0.317. The Morgan fingerprint density at radius 3 is 2.58 bits per heavy atom. The van der Waals surface area contributed by atoms with Crippen molar-refractivity contribution in [3.05, 3.63) is 35.9 Å². The van der Waals surface area contributed by atoms with E-state index in [1.807, 2.05) is 24.3 Å². The topological polar surface area (TPSA) is 130 Å². The number of carbonyl (C=O) groups is 1. The average Bonchev–Trinajstić information content (AvgIpc) is 3.16. The maximum atomic E-state index is 13.4. The molecule has 4 rings (SSSR count). The van der Waals surface area contributed by atoms with Crippen molar-refractivity contribution in [1.29, 1.82) is 0 Å². The van der Waals surface area contributed by atoms with Gasteiger partial charge in [-0.05, 0) is 42.9 Å². The van der Waals surface area contributed by atoms with Crippen LogP contribution in [-0.2, 0) is 14.3 Å². The number of hydrogen-bond donors (Lipinski definition) is 5. The van der Waals surface area contributed by atoms with Crippen LogP contribution in [0.4, 0.5) is 0 Å². The number of carbonyl (C=O) groups excluding carboxylic acids is 1. The van der Waals surface area contributed by atoms with E-state index in [0.717, 1.165) is 23.3 Å². The van der Waals surface area contributed by atoms with Crippen LogP contribution >= 0.6 is 23.4 Å². The van der Waals surface area contributed by atoms with Crippen LogP contribution in [-0.4, -0.2) is 101 Å². The van der Waals surface area contributed by atoms with Crippen LogP contribution in [0.1, 0.15) is 18.9 Å². The maximum Gasteiger partial charge on any atom is 0.240 e. The molecule has 0 aliphatic carbocycles. The van der Waals surface area contributed by atoms with Crippen molar-refractivity contribution >= 4 is 34.8 Å². The number of fused-ring (bicyclic) bond motifs is 1. The number of alkyl halides is 1. The van der Waals surface area contributed by atoms with Gasteiger partial charge in [-0.3, -0.25) is 4.79 Å². The van der Waals surface area contributed by atoms with Gasteiger partial charge in [0.15, 0.2) is 0 Å². The molecule has 0 saturated carbocycles. The van der Waals surface area contributed by atoms with Crippen LogP contribution in [0.15, 0.2) is 30.3 Å². The summed E-state index contributed by atoms with van der Waals surface area (Å²) in [4.78, 5) is 13.4. The van der Waals surface area contributed by atoms with Gasteiger partial charge in [0, 0.05) is 12.5 Å². The monoisotopic (exact) mass is 542 g/mol. The van der Waals surface area contributed by atoms with Crippen molar-refractivity contribution in [2.75, 3.05) is 26.5 Å². The highest BCUT2D eigenvalue weighted by Crippen LogP contribution is 2.33. The molecule has 3 aliphatic rings. The Labute approximate surface area is 220 Å². The second kappa shape index (κ2) is 12.0. The fourth-order valence-corrected chi connectivity index (χ4v) is 6.01. The van der Waals surface area contributed by atoms with E-state index < -0.39 is 47.3 Å². The second-order valence-electron chi connectivity index (χ2n) is 9.44. The van der Waals surface area contributed by atoms with Crippen LogP contribution in [0.5, 0.6) is 5.75 Å². The zero-order chi connectivity index (χ0) is 26.0. The van der Waals surface area contributed by atoms with Gasteiger partial charge in [-0.1, -0.05) is 18.2 Å². The number of ether oxygens (including phenoxy) is 3. The number of thioether (sulfide) groups is 1. The molecule has 1 aromatic carbocycles. The number of hydrogen-bond acceptors (Lipinski definition) is 9. The van der Waals surface area contributed by atoms with Gasteiger partial charge in [-0.25, -0.2) is 0 Å².